The number of amides is 1. The van der Waals surface area contributed by atoms with E-state index in [-0.39, 0.29) is 11.8 Å². The number of carbonyl (C=O) groups excluding carboxylic acids is 1. The Balaban J connectivity index is 2.76. The van der Waals surface area contributed by atoms with Crippen molar-refractivity contribution in [3.8, 4) is 0 Å². The lowest BCUT2D eigenvalue weighted by atomic mass is 10.0. The SMILES string of the molecule is CCN(Cc1cccc(Cl)c1)C(=O)[C@@H](N)C(C)C. The molecule has 0 heterocycles. The molecule has 1 aromatic rings. The molecule has 2 N–H and O–H groups in total. The van der Waals surface area contributed by atoms with Gasteiger partial charge in [0.15, 0.2) is 0 Å². The first-order valence-corrected chi connectivity index (χ1v) is 6.62. The average molecular weight is 269 g/mol. The van der Waals surface area contributed by atoms with Gasteiger partial charge in [0.05, 0.1) is 6.04 Å². The van der Waals surface area contributed by atoms with Crippen LogP contribution >= 0.6 is 11.6 Å². The molecule has 18 heavy (non-hydrogen) atoms. The third-order valence-electron chi connectivity index (χ3n) is 2.96. The first kappa shape index (κ1) is 15.0. The third kappa shape index (κ3) is 4.00. The highest BCUT2D eigenvalue weighted by Crippen LogP contribution is 2.14. The summed E-state index contributed by atoms with van der Waals surface area (Å²) in [4.78, 5) is 13.9. The van der Waals surface area contributed by atoms with E-state index in [9.17, 15) is 4.79 Å². The average Bonchev–Trinajstić information content (AvgIpc) is 2.34. The van der Waals surface area contributed by atoms with E-state index in [1.54, 1.807) is 4.90 Å². The zero-order chi connectivity index (χ0) is 13.7. The van der Waals surface area contributed by atoms with Gasteiger partial charge in [-0.2, -0.15) is 0 Å². The van der Waals surface area contributed by atoms with Crippen LogP contribution in [0.15, 0.2) is 24.3 Å². The molecule has 0 aliphatic heterocycles. The minimum absolute atomic E-state index is 0.00697. The van der Waals surface area contributed by atoms with E-state index in [1.165, 1.54) is 0 Å². The molecule has 0 saturated carbocycles. The summed E-state index contributed by atoms with van der Waals surface area (Å²) in [6, 6.07) is 7.10. The van der Waals surface area contributed by atoms with Gasteiger partial charge in [-0.1, -0.05) is 37.6 Å². The summed E-state index contributed by atoms with van der Waals surface area (Å²) in [6.45, 7) is 7.06. The number of carbonyl (C=O) groups is 1. The summed E-state index contributed by atoms with van der Waals surface area (Å²) in [5, 5.41) is 0.684. The largest absolute Gasteiger partial charge is 0.337 e. The van der Waals surface area contributed by atoms with Crippen LogP contribution in [0.2, 0.25) is 5.02 Å². The van der Waals surface area contributed by atoms with Crippen LogP contribution in [0.1, 0.15) is 26.3 Å². The van der Waals surface area contributed by atoms with E-state index in [0.29, 0.717) is 18.1 Å². The van der Waals surface area contributed by atoms with Crippen LogP contribution < -0.4 is 5.73 Å². The maximum absolute atomic E-state index is 12.2. The Bertz CT molecular complexity index is 407. The lowest BCUT2D eigenvalue weighted by molar-refractivity contribution is -0.134. The zero-order valence-corrected chi connectivity index (χ0v) is 11.9. The van der Waals surface area contributed by atoms with E-state index in [1.807, 2.05) is 45.0 Å². The third-order valence-corrected chi connectivity index (χ3v) is 3.19. The Hall–Kier alpha value is -1.06. The van der Waals surface area contributed by atoms with Gasteiger partial charge in [-0.25, -0.2) is 0 Å². The van der Waals surface area contributed by atoms with Crippen LogP contribution in [0, 0.1) is 5.92 Å². The van der Waals surface area contributed by atoms with Crippen molar-refractivity contribution in [1.82, 2.24) is 4.90 Å². The number of nitrogens with zero attached hydrogens (tertiary/aromatic N) is 1. The van der Waals surface area contributed by atoms with Gasteiger partial charge in [0.2, 0.25) is 5.91 Å². The molecule has 0 saturated heterocycles. The van der Waals surface area contributed by atoms with E-state index in [0.717, 1.165) is 5.56 Å². The van der Waals surface area contributed by atoms with Crippen molar-refractivity contribution in [3.05, 3.63) is 34.9 Å². The molecule has 0 radical (unpaired) electrons. The topological polar surface area (TPSA) is 46.3 Å². The van der Waals surface area contributed by atoms with E-state index < -0.39 is 6.04 Å². The maximum atomic E-state index is 12.2. The van der Waals surface area contributed by atoms with E-state index in [4.69, 9.17) is 17.3 Å². The van der Waals surface area contributed by atoms with Crippen LogP contribution in [0.5, 0.6) is 0 Å². The highest BCUT2D eigenvalue weighted by molar-refractivity contribution is 6.30. The van der Waals surface area contributed by atoms with Gasteiger partial charge in [-0.05, 0) is 30.5 Å². The van der Waals surface area contributed by atoms with Gasteiger partial charge in [-0.15, -0.1) is 0 Å². The monoisotopic (exact) mass is 268 g/mol. The van der Waals surface area contributed by atoms with Gasteiger partial charge >= 0.3 is 0 Å². The van der Waals surface area contributed by atoms with Crippen molar-refractivity contribution in [2.45, 2.75) is 33.4 Å². The molecule has 0 aromatic heterocycles. The Kier molecular flexibility index (Phi) is 5.63. The molecule has 1 amide bonds. The molecule has 1 rings (SSSR count). The normalized spacial score (nSPS) is 12.6. The van der Waals surface area contributed by atoms with Gasteiger partial charge in [0, 0.05) is 18.1 Å². The summed E-state index contributed by atoms with van der Waals surface area (Å²) >= 11 is 5.94. The zero-order valence-electron chi connectivity index (χ0n) is 11.2. The Morgan fingerprint density at radius 3 is 2.61 bits per heavy atom. The molecule has 0 aliphatic carbocycles. The summed E-state index contributed by atoms with van der Waals surface area (Å²) in [7, 11) is 0. The van der Waals surface area contributed by atoms with Crippen LogP contribution in [-0.4, -0.2) is 23.4 Å². The Labute approximate surface area is 114 Å². The van der Waals surface area contributed by atoms with E-state index in [2.05, 4.69) is 0 Å². The molecule has 0 unspecified atom stereocenters. The number of nitrogens with two attached hydrogens (primary N) is 1. The number of hydrogen-bond acceptors (Lipinski definition) is 2. The van der Waals surface area contributed by atoms with Gasteiger partial charge in [-0.3, -0.25) is 4.79 Å². The molecule has 100 valence electrons. The van der Waals surface area contributed by atoms with Gasteiger partial charge in [0.25, 0.3) is 0 Å². The van der Waals surface area contributed by atoms with Crippen molar-refractivity contribution in [1.29, 1.82) is 0 Å². The minimum Gasteiger partial charge on any atom is -0.337 e. The van der Waals surface area contributed by atoms with Crippen LogP contribution in [0.3, 0.4) is 0 Å². The summed E-state index contributed by atoms with van der Waals surface area (Å²) in [5.41, 5.74) is 6.92. The van der Waals surface area contributed by atoms with Gasteiger partial charge < -0.3 is 10.6 Å². The second kappa shape index (κ2) is 6.76. The molecule has 0 aliphatic rings. The minimum atomic E-state index is -0.441. The summed E-state index contributed by atoms with van der Waals surface area (Å²) < 4.78 is 0. The van der Waals surface area contributed by atoms with Crippen molar-refractivity contribution in [3.63, 3.8) is 0 Å². The number of halogens is 1. The molecule has 3 nitrogen and oxygen atoms in total. The van der Waals surface area contributed by atoms with Gasteiger partial charge in [0.1, 0.15) is 0 Å². The van der Waals surface area contributed by atoms with Crippen LogP contribution in [0.4, 0.5) is 0 Å². The molecular formula is C14H21ClN2O. The molecule has 4 heteroatoms. The molecule has 0 fully saturated rings. The number of likely N-dealkylation sites (N-methyl/N-ethyl adjacent to an activating group) is 1. The lowest BCUT2D eigenvalue weighted by Crippen LogP contribution is -2.46. The fourth-order valence-corrected chi connectivity index (χ4v) is 1.91. The standard InChI is InChI=1S/C14H21ClN2O/c1-4-17(14(18)13(16)10(2)3)9-11-6-5-7-12(15)8-11/h5-8,10,13H,4,9,16H2,1-3H3/t13-/m0/s1. The number of hydrogen-bond donors (Lipinski definition) is 1. The van der Waals surface area contributed by atoms with Crippen molar-refractivity contribution >= 4 is 17.5 Å². The molecule has 1 atom stereocenters. The van der Waals surface area contributed by atoms with Crippen LogP contribution in [-0.2, 0) is 11.3 Å². The second-order valence-electron chi connectivity index (χ2n) is 4.75. The molecular weight excluding hydrogens is 248 g/mol. The van der Waals surface area contributed by atoms with Crippen LogP contribution in [0.25, 0.3) is 0 Å². The Morgan fingerprint density at radius 2 is 2.11 bits per heavy atom. The van der Waals surface area contributed by atoms with E-state index >= 15 is 0 Å². The van der Waals surface area contributed by atoms with Crippen molar-refractivity contribution in [2.24, 2.45) is 11.7 Å². The smallest absolute Gasteiger partial charge is 0.240 e. The summed E-state index contributed by atoms with van der Waals surface area (Å²) in [6.07, 6.45) is 0. The fourth-order valence-electron chi connectivity index (χ4n) is 1.70. The predicted octanol–water partition coefficient (Wildman–Crippen LogP) is 2.67. The number of rotatable bonds is 5. The first-order chi connectivity index (χ1) is 8.45. The van der Waals surface area contributed by atoms with Crippen molar-refractivity contribution < 1.29 is 4.79 Å². The fraction of sp³-hybridized carbons (Fsp3) is 0.500. The molecule has 0 spiro atoms. The highest BCUT2D eigenvalue weighted by Gasteiger charge is 2.22. The lowest BCUT2D eigenvalue weighted by Gasteiger charge is -2.26. The maximum Gasteiger partial charge on any atom is 0.240 e. The quantitative estimate of drug-likeness (QED) is 0.892. The Morgan fingerprint density at radius 1 is 1.44 bits per heavy atom. The van der Waals surface area contributed by atoms with Crippen molar-refractivity contribution in [2.75, 3.05) is 6.54 Å². The predicted molar refractivity (Wildman–Crippen MR) is 75.4 cm³/mol. The molecule has 0 bridgehead atoms. The highest BCUT2D eigenvalue weighted by atomic mass is 35.5. The second-order valence-corrected chi connectivity index (χ2v) is 5.19. The first-order valence-electron chi connectivity index (χ1n) is 6.24. The molecule has 1 aromatic carbocycles. The number of benzene rings is 1. The summed E-state index contributed by atoms with van der Waals surface area (Å²) in [5.74, 6) is 0.137.